The number of nitrogens with zero attached hydrogens (tertiary/aromatic N) is 2. The van der Waals surface area contributed by atoms with Gasteiger partial charge in [-0.3, -0.25) is 24.0 Å². The normalized spacial score (nSPS) is 15.8. The van der Waals surface area contributed by atoms with Crippen molar-refractivity contribution in [1.29, 1.82) is 0 Å². The molecule has 0 fully saturated rings. The number of nitrogens with one attached hydrogen (secondary N) is 2. The number of hydrogen-bond donors (Lipinski definition) is 3. The maximum absolute atomic E-state index is 14.1. The van der Waals surface area contributed by atoms with E-state index in [0.717, 1.165) is 12.0 Å². The smallest absolute Gasteiger partial charge is 0.306 e. The van der Waals surface area contributed by atoms with Crippen molar-refractivity contribution in [3.8, 4) is 0 Å². The number of benzene rings is 1. The van der Waals surface area contributed by atoms with E-state index < -0.39 is 41.8 Å². The van der Waals surface area contributed by atoms with Crippen LogP contribution in [0.4, 0.5) is 0 Å². The van der Waals surface area contributed by atoms with Gasteiger partial charge < -0.3 is 25.4 Å². The third kappa shape index (κ3) is 12.6. The number of Topliss-reactive ketones (excluding diaryl/α,β-unsaturated/α-hetero) is 1. The zero-order valence-corrected chi connectivity index (χ0v) is 32.2. The Morgan fingerprint density at radius 1 is 0.980 bits per heavy atom. The van der Waals surface area contributed by atoms with Crippen LogP contribution < -0.4 is 10.6 Å². The van der Waals surface area contributed by atoms with Gasteiger partial charge in [-0.2, -0.15) is 0 Å². The molecule has 0 aliphatic heterocycles. The summed E-state index contributed by atoms with van der Waals surface area (Å²) in [5, 5.41) is 17.6. The lowest BCUT2D eigenvalue weighted by Crippen LogP contribution is -2.47. The third-order valence-electron chi connectivity index (χ3n) is 9.52. The number of carbonyl (C=O) groups excluding carboxylic acids is 4. The van der Waals surface area contributed by atoms with Gasteiger partial charge >= 0.3 is 11.9 Å². The first kappa shape index (κ1) is 42.5. The topological polar surface area (TPSA) is 155 Å². The Morgan fingerprint density at radius 2 is 1.62 bits per heavy atom. The van der Waals surface area contributed by atoms with E-state index in [9.17, 15) is 29.1 Å². The van der Waals surface area contributed by atoms with Crippen LogP contribution in [0.25, 0.3) is 0 Å². The quantitative estimate of drug-likeness (QED) is 0.133. The molecular formula is C38H58N4O7S. The fourth-order valence-electron chi connectivity index (χ4n) is 6.37. The molecule has 0 radical (unpaired) electrons. The van der Waals surface area contributed by atoms with Gasteiger partial charge in [0.05, 0.1) is 12.0 Å². The SMILES string of the molecule is CC[C@H](C)[C@H](CC(=O)[C@H](NC)C(C)C)C(=O)N(C)[C@H](C[C@@H](OC(C)=O)c1nc(C(=O)N[C@@H](Cc2ccccc2)C[C@H](C)C(=O)O)cs1)C(C)C. The molecule has 0 bridgehead atoms. The van der Waals surface area contributed by atoms with Crippen molar-refractivity contribution in [2.75, 3.05) is 14.1 Å². The Morgan fingerprint density at radius 3 is 2.14 bits per heavy atom. The molecule has 12 heteroatoms. The number of esters is 1. The van der Waals surface area contributed by atoms with Crippen molar-refractivity contribution in [3.05, 3.63) is 52.0 Å². The Hall–Kier alpha value is -3.64. The van der Waals surface area contributed by atoms with Crippen LogP contribution in [0.2, 0.25) is 0 Å². The Bertz CT molecular complexity index is 1410. The first-order chi connectivity index (χ1) is 23.5. The van der Waals surface area contributed by atoms with Crippen molar-refractivity contribution < 1.29 is 33.8 Å². The summed E-state index contributed by atoms with van der Waals surface area (Å²) in [4.78, 5) is 71.1. The standard InChI is InChI=1S/C38H58N4O7S/c1-11-24(6)29(19-32(44)34(39-9)23(4)5)37(46)42(10)31(22(2)3)20-33(49-26(8)43)36-41-30(21-50-36)35(45)40-28(17-25(7)38(47)48)18-27-15-13-12-14-16-27/h12-16,21-25,28-29,31,33-34,39H,11,17-20H2,1-10H3,(H,40,45)(H,47,48)/t24-,25-,28+,29-,31+,33+,34+/m0/s1. The van der Waals surface area contributed by atoms with Gasteiger partial charge in [-0.15, -0.1) is 11.3 Å². The van der Waals surface area contributed by atoms with E-state index in [4.69, 9.17) is 4.74 Å². The number of aliphatic carboxylic acids is 1. The summed E-state index contributed by atoms with van der Waals surface area (Å²) < 4.78 is 5.76. The highest BCUT2D eigenvalue weighted by Crippen LogP contribution is 2.32. The van der Waals surface area contributed by atoms with Gasteiger partial charge in [0.15, 0.2) is 11.9 Å². The van der Waals surface area contributed by atoms with Gasteiger partial charge in [0.2, 0.25) is 5.91 Å². The molecule has 0 aliphatic rings. The molecular weight excluding hydrogens is 657 g/mol. The Labute approximate surface area is 302 Å². The molecule has 1 aromatic carbocycles. The predicted molar refractivity (Wildman–Crippen MR) is 196 cm³/mol. The number of aromatic nitrogens is 1. The molecule has 1 heterocycles. The Balaban J connectivity index is 2.33. The van der Waals surface area contributed by atoms with E-state index in [0.29, 0.717) is 11.4 Å². The number of likely N-dealkylation sites (N-methyl/N-ethyl adjacent to an activating group) is 1. The van der Waals surface area contributed by atoms with E-state index in [2.05, 4.69) is 15.6 Å². The van der Waals surface area contributed by atoms with Gasteiger partial charge in [-0.25, -0.2) is 4.98 Å². The molecule has 0 spiro atoms. The van der Waals surface area contributed by atoms with Crippen LogP contribution in [-0.4, -0.2) is 76.7 Å². The van der Waals surface area contributed by atoms with Crippen LogP contribution in [0.5, 0.6) is 0 Å². The zero-order valence-electron chi connectivity index (χ0n) is 31.4. The second-order valence-electron chi connectivity index (χ2n) is 14.2. The lowest BCUT2D eigenvalue weighted by Gasteiger charge is -2.37. The number of hydrogen-bond acceptors (Lipinski definition) is 9. The molecule has 1 aromatic heterocycles. The maximum Gasteiger partial charge on any atom is 0.306 e. The van der Waals surface area contributed by atoms with E-state index in [1.54, 1.807) is 31.3 Å². The number of carboxylic acid groups (broad SMARTS) is 1. The largest absolute Gasteiger partial charge is 0.481 e. The minimum Gasteiger partial charge on any atom is -0.481 e. The summed E-state index contributed by atoms with van der Waals surface area (Å²) in [5.41, 5.74) is 1.10. The molecule has 11 nitrogen and oxygen atoms in total. The molecule has 3 N–H and O–H groups in total. The minimum absolute atomic E-state index is 0.00505. The highest BCUT2D eigenvalue weighted by molar-refractivity contribution is 7.09. The molecule has 0 unspecified atom stereocenters. The van der Waals surface area contributed by atoms with Crippen LogP contribution in [-0.2, 0) is 30.3 Å². The average Bonchev–Trinajstić information content (AvgIpc) is 3.55. The second-order valence-corrected chi connectivity index (χ2v) is 15.1. The number of carboxylic acids is 1. The van der Waals surface area contributed by atoms with Gasteiger partial charge in [0, 0.05) is 50.2 Å². The summed E-state index contributed by atoms with van der Waals surface area (Å²) in [6.45, 7) is 14.9. The second kappa shape index (κ2) is 20.3. The van der Waals surface area contributed by atoms with Crippen molar-refractivity contribution in [1.82, 2.24) is 20.5 Å². The molecule has 278 valence electrons. The highest BCUT2D eigenvalue weighted by Gasteiger charge is 2.37. The van der Waals surface area contributed by atoms with Gasteiger partial charge in [0.1, 0.15) is 10.7 Å². The van der Waals surface area contributed by atoms with Crippen molar-refractivity contribution in [2.24, 2.45) is 29.6 Å². The molecule has 7 atom stereocenters. The molecule has 0 saturated heterocycles. The van der Waals surface area contributed by atoms with Crippen LogP contribution >= 0.6 is 11.3 Å². The van der Waals surface area contributed by atoms with Crippen LogP contribution in [0, 0.1) is 29.6 Å². The third-order valence-corrected chi connectivity index (χ3v) is 10.5. The summed E-state index contributed by atoms with van der Waals surface area (Å²) in [6, 6.07) is 8.36. The molecule has 2 aromatic rings. The lowest BCUT2D eigenvalue weighted by atomic mass is 9.82. The van der Waals surface area contributed by atoms with Gasteiger partial charge in [-0.05, 0) is 43.2 Å². The summed E-state index contributed by atoms with van der Waals surface area (Å²) >= 11 is 1.18. The van der Waals surface area contributed by atoms with Crippen molar-refractivity contribution >= 4 is 40.9 Å². The molecule has 0 saturated carbocycles. The van der Waals surface area contributed by atoms with E-state index in [-0.39, 0.29) is 66.5 Å². The molecule has 2 rings (SSSR count). The van der Waals surface area contributed by atoms with Crippen molar-refractivity contribution in [2.45, 2.75) is 112 Å². The van der Waals surface area contributed by atoms with E-state index >= 15 is 0 Å². The number of carbonyl (C=O) groups is 5. The first-order valence-corrected chi connectivity index (χ1v) is 18.5. The molecule has 2 amide bonds. The first-order valence-electron chi connectivity index (χ1n) is 17.7. The highest BCUT2D eigenvalue weighted by atomic mass is 32.1. The van der Waals surface area contributed by atoms with Crippen LogP contribution in [0.15, 0.2) is 35.7 Å². The summed E-state index contributed by atoms with van der Waals surface area (Å²) in [6.07, 6.45) is 0.957. The fraction of sp³-hybridized carbons (Fsp3) is 0.632. The molecule has 50 heavy (non-hydrogen) atoms. The summed E-state index contributed by atoms with van der Waals surface area (Å²) in [7, 11) is 3.50. The number of ether oxygens (including phenoxy) is 1. The van der Waals surface area contributed by atoms with Gasteiger partial charge in [-0.1, -0.05) is 85.2 Å². The Kier molecular flexibility index (Phi) is 17.2. The fourth-order valence-corrected chi connectivity index (χ4v) is 7.21. The number of amides is 2. The number of thiazole rings is 1. The average molecular weight is 715 g/mol. The summed E-state index contributed by atoms with van der Waals surface area (Å²) in [5.74, 6) is -3.21. The monoisotopic (exact) mass is 714 g/mol. The maximum atomic E-state index is 14.1. The van der Waals surface area contributed by atoms with Gasteiger partial charge in [0.25, 0.3) is 5.91 Å². The van der Waals surface area contributed by atoms with Crippen molar-refractivity contribution in [3.63, 3.8) is 0 Å². The van der Waals surface area contributed by atoms with Crippen LogP contribution in [0.1, 0.15) is 108 Å². The minimum atomic E-state index is -0.944. The molecule has 0 aliphatic carbocycles. The van der Waals surface area contributed by atoms with E-state index in [1.807, 2.05) is 71.9 Å². The zero-order chi connectivity index (χ0) is 37.7. The predicted octanol–water partition coefficient (Wildman–Crippen LogP) is 5.94. The van der Waals surface area contributed by atoms with Crippen LogP contribution in [0.3, 0.4) is 0 Å². The lowest BCUT2D eigenvalue weighted by molar-refractivity contribution is -0.149. The number of ketones is 1. The van der Waals surface area contributed by atoms with E-state index in [1.165, 1.54) is 18.3 Å². The number of rotatable bonds is 21.